The number of likely N-dealkylation sites (tertiary alicyclic amines) is 2. The molecule has 0 aromatic heterocycles. The van der Waals surface area contributed by atoms with E-state index in [1.165, 1.54) is 0 Å². The Morgan fingerprint density at radius 1 is 0.622 bits per heavy atom. The van der Waals surface area contributed by atoms with E-state index in [1.807, 2.05) is 0 Å². The summed E-state index contributed by atoms with van der Waals surface area (Å²) in [7, 11) is -0.244. The third kappa shape index (κ3) is 6.28. The molecule has 37 heavy (non-hydrogen) atoms. The van der Waals surface area contributed by atoms with Crippen molar-refractivity contribution >= 4 is 17.1 Å². The molecule has 2 aliphatic rings. The molecule has 8 atom stereocenters. The fourth-order valence-electron chi connectivity index (χ4n) is 7.68. The van der Waals surface area contributed by atoms with Gasteiger partial charge in [-0.2, -0.15) is 0 Å². The smallest absolute Gasteiger partial charge is 0.323 e. The van der Waals surface area contributed by atoms with Gasteiger partial charge in [-0.15, -0.1) is 0 Å². The summed E-state index contributed by atoms with van der Waals surface area (Å²) < 4.78 is 21.1. The van der Waals surface area contributed by atoms with Gasteiger partial charge in [-0.3, -0.25) is 9.80 Å². The van der Waals surface area contributed by atoms with Gasteiger partial charge in [0, 0.05) is 22.2 Å². The molecule has 0 aliphatic carbocycles. The molecule has 2 aliphatic heterocycles. The van der Waals surface area contributed by atoms with E-state index < -0.39 is 17.1 Å². The van der Waals surface area contributed by atoms with Crippen molar-refractivity contribution in [2.24, 2.45) is 11.8 Å². The normalized spacial score (nSPS) is 42.8. The van der Waals surface area contributed by atoms with E-state index in [0.717, 1.165) is 38.5 Å². The lowest BCUT2D eigenvalue weighted by atomic mass is 9.68. The van der Waals surface area contributed by atoms with Crippen molar-refractivity contribution in [3.05, 3.63) is 0 Å². The highest BCUT2D eigenvalue weighted by molar-refractivity contribution is 6.78. The second-order valence-electron chi connectivity index (χ2n) is 14.4. The molecule has 5 nitrogen and oxygen atoms in total. The Morgan fingerprint density at radius 2 is 0.919 bits per heavy atom. The maximum Gasteiger partial charge on any atom is 0.323 e. The Hall–Kier alpha value is 0.234. The Bertz CT molecular complexity index is 720. The first-order valence-corrected chi connectivity index (χ1v) is 20.9. The van der Waals surface area contributed by atoms with Crippen LogP contribution in [-0.4, -0.2) is 75.4 Å². The van der Waals surface area contributed by atoms with Crippen LogP contribution >= 0.6 is 0 Å². The Labute approximate surface area is 233 Å². The van der Waals surface area contributed by atoms with E-state index in [0.29, 0.717) is 11.8 Å². The molecule has 220 valence electrons. The van der Waals surface area contributed by atoms with Crippen molar-refractivity contribution in [2.45, 2.75) is 168 Å². The number of hydrogen-bond donors (Lipinski definition) is 0. The maximum atomic E-state index is 7.06. The third-order valence-electron chi connectivity index (χ3n) is 11.8. The molecule has 7 heteroatoms. The van der Waals surface area contributed by atoms with Crippen molar-refractivity contribution in [2.75, 3.05) is 14.1 Å². The standard InChI is InChI=1S/C30H64N2O3Si2/c1-17-27(7)21-25(23(5)29(9,19-3)31(27)11)33-36(13,14)35-37(15,16)34-26-22-28(8,18-2)32(12)30(10,20-4)24(26)6/h23-26H,17-22H2,1-16H3. The average molecular weight is 557 g/mol. The van der Waals surface area contributed by atoms with Crippen molar-refractivity contribution in [3.63, 3.8) is 0 Å². The van der Waals surface area contributed by atoms with E-state index >= 15 is 0 Å². The largest absolute Gasteiger partial charge is 0.415 e. The second-order valence-corrected chi connectivity index (χ2v) is 21.3. The molecule has 0 amide bonds. The van der Waals surface area contributed by atoms with Gasteiger partial charge in [-0.25, -0.2) is 0 Å². The Morgan fingerprint density at radius 3 is 1.16 bits per heavy atom. The zero-order valence-electron chi connectivity index (χ0n) is 27.7. The summed E-state index contributed by atoms with van der Waals surface area (Å²) in [4.78, 5) is 5.28. The first kappa shape index (κ1) is 33.4. The molecule has 0 saturated carbocycles. The van der Waals surface area contributed by atoms with E-state index in [1.54, 1.807) is 0 Å². The predicted molar refractivity (Wildman–Crippen MR) is 164 cm³/mol. The molecule has 0 spiro atoms. The first-order valence-electron chi connectivity index (χ1n) is 15.2. The molecular formula is C30H64N2O3Si2. The lowest BCUT2D eigenvalue weighted by Crippen LogP contribution is -2.68. The number of rotatable bonds is 10. The predicted octanol–water partition coefficient (Wildman–Crippen LogP) is 7.80. The molecule has 8 unspecified atom stereocenters. The summed E-state index contributed by atoms with van der Waals surface area (Å²) in [6.07, 6.45) is 6.98. The third-order valence-corrected chi connectivity index (χ3v) is 17.5. The van der Waals surface area contributed by atoms with Crippen LogP contribution in [0.25, 0.3) is 0 Å². The SMILES string of the molecule is CCC1(C)CC(O[Si](C)(C)O[Si](C)(C)OC2CC(C)(CC)N(C)C(C)(CC)C2C)C(C)C(C)(CC)N1C. The van der Waals surface area contributed by atoms with Crippen molar-refractivity contribution in [1.29, 1.82) is 0 Å². The molecule has 2 saturated heterocycles. The van der Waals surface area contributed by atoms with Gasteiger partial charge in [0.1, 0.15) is 0 Å². The molecule has 0 N–H and O–H groups in total. The highest BCUT2D eigenvalue weighted by Gasteiger charge is 2.55. The quantitative estimate of drug-likeness (QED) is 0.257. The fraction of sp³-hybridized carbons (Fsp3) is 1.00. The van der Waals surface area contributed by atoms with Gasteiger partial charge in [-0.1, -0.05) is 41.5 Å². The molecule has 2 fully saturated rings. The van der Waals surface area contributed by atoms with Gasteiger partial charge in [-0.05, 0) is 118 Å². The minimum atomic E-state index is -2.44. The van der Waals surface area contributed by atoms with Crippen LogP contribution in [-0.2, 0) is 13.0 Å². The maximum absolute atomic E-state index is 7.06. The van der Waals surface area contributed by atoms with Gasteiger partial charge >= 0.3 is 17.1 Å². The summed E-state index contributed by atoms with van der Waals surface area (Å²) in [6.45, 7) is 32.7. The monoisotopic (exact) mass is 556 g/mol. The topological polar surface area (TPSA) is 34.2 Å². The molecule has 0 aromatic carbocycles. The highest BCUT2D eigenvalue weighted by atomic mass is 28.5. The van der Waals surface area contributed by atoms with Crippen LogP contribution < -0.4 is 0 Å². The molecular weight excluding hydrogens is 493 g/mol. The van der Waals surface area contributed by atoms with Crippen LogP contribution in [0, 0.1) is 11.8 Å². The zero-order valence-corrected chi connectivity index (χ0v) is 29.7. The van der Waals surface area contributed by atoms with Crippen LogP contribution in [0.2, 0.25) is 26.2 Å². The fourth-order valence-corrected chi connectivity index (χ4v) is 14.8. The Balaban J connectivity index is 2.24. The van der Waals surface area contributed by atoms with Crippen molar-refractivity contribution in [1.82, 2.24) is 9.80 Å². The van der Waals surface area contributed by atoms with Gasteiger partial charge < -0.3 is 13.0 Å². The van der Waals surface area contributed by atoms with Crippen LogP contribution in [0.1, 0.15) is 108 Å². The molecule has 0 bridgehead atoms. The van der Waals surface area contributed by atoms with Gasteiger partial charge in [0.25, 0.3) is 0 Å². The number of nitrogens with zero attached hydrogens (tertiary/aromatic N) is 2. The summed E-state index contributed by atoms with van der Waals surface area (Å²) in [6, 6.07) is 0. The van der Waals surface area contributed by atoms with Crippen LogP contribution in [0.3, 0.4) is 0 Å². The first-order chi connectivity index (χ1) is 16.7. The summed E-state index contributed by atoms with van der Waals surface area (Å²) in [5.41, 5.74) is 0.490. The van der Waals surface area contributed by atoms with Crippen molar-refractivity contribution in [3.8, 4) is 0 Å². The lowest BCUT2D eigenvalue weighted by Gasteiger charge is -2.60. The van der Waals surface area contributed by atoms with Crippen LogP contribution in [0.5, 0.6) is 0 Å². The minimum Gasteiger partial charge on any atom is -0.415 e. The molecule has 2 rings (SSSR count). The highest BCUT2D eigenvalue weighted by Crippen LogP contribution is 2.48. The lowest BCUT2D eigenvalue weighted by molar-refractivity contribution is -0.125. The van der Waals surface area contributed by atoms with Crippen molar-refractivity contribution < 1.29 is 13.0 Å². The molecule has 2 heterocycles. The number of piperidine rings is 2. The van der Waals surface area contributed by atoms with E-state index in [9.17, 15) is 0 Å². The van der Waals surface area contributed by atoms with E-state index in [4.69, 9.17) is 13.0 Å². The molecule has 0 aromatic rings. The number of hydrogen-bond acceptors (Lipinski definition) is 5. The summed E-state index contributed by atoms with van der Waals surface area (Å²) in [5.74, 6) is 0.875. The van der Waals surface area contributed by atoms with Crippen LogP contribution in [0.15, 0.2) is 0 Å². The molecule has 0 radical (unpaired) electrons. The van der Waals surface area contributed by atoms with E-state index in [-0.39, 0.29) is 34.4 Å². The average Bonchev–Trinajstić information content (AvgIpc) is 2.82. The van der Waals surface area contributed by atoms with Gasteiger partial charge in [0.05, 0.1) is 12.2 Å². The second kappa shape index (κ2) is 11.2. The van der Waals surface area contributed by atoms with Gasteiger partial charge in [0.2, 0.25) is 0 Å². The minimum absolute atomic E-state index is 0.111. The zero-order chi connectivity index (χ0) is 28.8. The van der Waals surface area contributed by atoms with Crippen LogP contribution in [0.4, 0.5) is 0 Å². The summed E-state index contributed by atoms with van der Waals surface area (Å²) in [5, 5.41) is 0. The van der Waals surface area contributed by atoms with E-state index in [2.05, 4.69) is 119 Å². The Kier molecular flexibility index (Phi) is 10.2. The van der Waals surface area contributed by atoms with Gasteiger partial charge in [0.15, 0.2) is 0 Å². The summed E-state index contributed by atoms with van der Waals surface area (Å²) >= 11 is 0.